The van der Waals surface area contributed by atoms with Crippen molar-refractivity contribution in [1.82, 2.24) is 0 Å². The van der Waals surface area contributed by atoms with Gasteiger partial charge in [0.15, 0.2) is 23.5 Å². The molecule has 0 fully saturated rings. The maximum atomic E-state index is 11.1. The third kappa shape index (κ3) is 1.89. The molecule has 1 aliphatic heterocycles. The number of hydrogen-bond donors (Lipinski definition) is 1. The van der Waals surface area contributed by atoms with Crippen molar-refractivity contribution in [2.45, 2.75) is 6.92 Å². The van der Waals surface area contributed by atoms with Crippen molar-refractivity contribution in [2.75, 3.05) is 19.2 Å². The molecule has 1 heterocycles. The van der Waals surface area contributed by atoms with Gasteiger partial charge in [-0.3, -0.25) is 9.59 Å². The Balaban J connectivity index is 2.62. The second-order valence-corrected chi connectivity index (χ2v) is 3.41. The van der Waals surface area contributed by atoms with Crippen LogP contribution in [0.3, 0.4) is 0 Å². The van der Waals surface area contributed by atoms with Gasteiger partial charge in [0.2, 0.25) is 12.7 Å². The molecule has 1 aromatic rings. The number of rotatable bonds is 3. The first-order valence-electron chi connectivity index (χ1n) is 4.90. The summed E-state index contributed by atoms with van der Waals surface area (Å²) in [6, 6.07) is 1.51. The Kier molecular flexibility index (Phi) is 2.86. The number of carbonyl (C=O) groups is 2. The van der Waals surface area contributed by atoms with Crippen molar-refractivity contribution in [3.63, 3.8) is 0 Å². The van der Waals surface area contributed by atoms with E-state index < -0.39 is 0 Å². The Hall–Kier alpha value is -2.24. The number of methoxy groups -OCH3 is 1. The first-order valence-corrected chi connectivity index (χ1v) is 4.90. The zero-order valence-corrected chi connectivity index (χ0v) is 9.40. The predicted octanol–water partition coefficient (Wildman–Crippen LogP) is 1.19. The van der Waals surface area contributed by atoms with E-state index >= 15 is 0 Å². The Morgan fingerprint density at radius 3 is 2.88 bits per heavy atom. The molecular weight excluding hydrogens is 226 g/mol. The second kappa shape index (κ2) is 4.32. The first kappa shape index (κ1) is 11.3. The molecule has 0 unspecified atom stereocenters. The average molecular weight is 237 g/mol. The number of amides is 1. The van der Waals surface area contributed by atoms with E-state index in [1.54, 1.807) is 0 Å². The molecule has 90 valence electrons. The van der Waals surface area contributed by atoms with Gasteiger partial charge in [-0.15, -0.1) is 0 Å². The van der Waals surface area contributed by atoms with Gasteiger partial charge in [0, 0.05) is 6.92 Å². The fraction of sp³-hybridized carbons (Fsp3) is 0.273. The van der Waals surface area contributed by atoms with Gasteiger partial charge in [0.1, 0.15) is 5.69 Å². The summed E-state index contributed by atoms with van der Waals surface area (Å²) in [6.45, 7) is 1.41. The molecule has 0 saturated heterocycles. The normalized spacial score (nSPS) is 12.1. The Morgan fingerprint density at radius 2 is 2.29 bits per heavy atom. The summed E-state index contributed by atoms with van der Waals surface area (Å²) in [6.07, 6.45) is 0.631. The number of carbonyl (C=O) groups excluding carboxylic acids is 2. The minimum atomic E-state index is -0.288. The number of ether oxygens (including phenoxy) is 3. The molecule has 1 aromatic carbocycles. The summed E-state index contributed by atoms with van der Waals surface area (Å²) in [4.78, 5) is 22.1. The molecule has 6 heteroatoms. The smallest absolute Gasteiger partial charge is 0.231 e. The van der Waals surface area contributed by atoms with Crippen LogP contribution in [0.5, 0.6) is 17.2 Å². The van der Waals surface area contributed by atoms with Gasteiger partial charge in [-0.2, -0.15) is 0 Å². The van der Waals surface area contributed by atoms with Crippen LogP contribution in [-0.4, -0.2) is 26.1 Å². The number of anilines is 1. The standard InChI is InChI=1S/C11H11NO5/c1-6(14)12-9-10(15-2)7(4-13)3-8-11(9)17-5-16-8/h3-4H,5H2,1-2H3,(H,12,14). The van der Waals surface area contributed by atoms with Crippen molar-refractivity contribution in [1.29, 1.82) is 0 Å². The summed E-state index contributed by atoms with van der Waals surface area (Å²) in [7, 11) is 1.41. The topological polar surface area (TPSA) is 73.9 Å². The van der Waals surface area contributed by atoms with E-state index in [1.165, 1.54) is 20.1 Å². The minimum absolute atomic E-state index is 0.0490. The van der Waals surface area contributed by atoms with E-state index in [1.807, 2.05) is 0 Å². The molecular formula is C11H11NO5. The van der Waals surface area contributed by atoms with Gasteiger partial charge in [-0.05, 0) is 6.07 Å². The Bertz CT molecular complexity index is 483. The highest BCUT2D eigenvalue weighted by molar-refractivity contribution is 5.97. The van der Waals surface area contributed by atoms with Crippen LogP contribution in [0.4, 0.5) is 5.69 Å². The summed E-state index contributed by atoms with van der Waals surface area (Å²) in [5.41, 5.74) is 0.609. The zero-order chi connectivity index (χ0) is 12.4. The van der Waals surface area contributed by atoms with Crippen LogP contribution in [0.2, 0.25) is 0 Å². The fourth-order valence-corrected chi connectivity index (χ4v) is 1.64. The van der Waals surface area contributed by atoms with Gasteiger partial charge in [0.05, 0.1) is 12.7 Å². The van der Waals surface area contributed by atoms with Crippen LogP contribution in [0.25, 0.3) is 0 Å². The van der Waals surface area contributed by atoms with Gasteiger partial charge in [-0.1, -0.05) is 0 Å². The van der Waals surface area contributed by atoms with Crippen LogP contribution in [-0.2, 0) is 4.79 Å². The molecule has 0 saturated carbocycles. The molecule has 0 atom stereocenters. The van der Waals surface area contributed by atoms with E-state index in [0.717, 1.165) is 0 Å². The third-order valence-electron chi connectivity index (χ3n) is 2.28. The highest BCUT2D eigenvalue weighted by atomic mass is 16.7. The number of aldehydes is 1. The summed E-state index contributed by atoms with van der Waals surface area (Å²) < 4.78 is 15.5. The van der Waals surface area contributed by atoms with Crippen molar-refractivity contribution < 1.29 is 23.8 Å². The molecule has 0 spiro atoms. The molecule has 6 nitrogen and oxygen atoms in total. The molecule has 1 N–H and O–H groups in total. The lowest BCUT2D eigenvalue weighted by molar-refractivity contribution is -0.114. The predicted molar refractivity (Wildman–Crippen MR) is 58.8 cm³/mol. The van der Waals surface area contributed by atoms with Gasteiger partial charge >= 0.3 is 0 Å². The fourth-order valence-electron chi connectivity index (χ4n) is 1.64. The molecule has 17 heavy (non-hydrogen) atoms. The summed E-state index contributed by atoms with van der Waals surface area (Å²) >= 11 is 0. The lowest BCUT2D eigenvalue weighted by Gasteiger charge is -2.13. The molecule has 1 amide bonds. The van der Waals surface area contributed by atoms with Crippen LogP contribution in [0.15, 0.2) is 6.07 Å². The molecule has 0 radical (unpaired) electrons. The van der Waals surface area contributed by atoms with Crippen molar-refractivity contribution in [2.24, 2.45) is 0 Å². The lowest BCUT2D eigenvalue weighted by Crippen LogP contribution is -2.09. The molecule has 0 aromatic heterocycles. The van der Waals surface area contributed by atoms with Gasteiger partial charge in [-0.25, -0.2) is 0 Å². The van der Waals surface area contributed by atoms with E-state index in [9.17, 15) is 9.59 Å². The van der Waals surface area contributed by atoms with Gasteiger partial charge < -0.3 is 19.5 Å². The van der Waals surface area contributed by atoms with Crippen LogP contribution in [0, 0.1) is 0 Å². The summed E-state index contributed by atoms with van der Waals surface area (Å²) in [5.74, 6) is 0.766. The lowest BCUT2D eigenvalue weighted by atomic mass is 10.1. The van der Waals surface area contributed by atoms with Gasteiger partial charge in [0.25, 0.3) is 0 Å². The van der Waals surface area contributed by atoms with Crippen LogP contribution >= 0.6 is 0 Å². The Morgan fingerprint density at radius 1 is 1.53 bits per heavy atom. The van der Waals surface area contributed by atoms with Crippen molar-refractivity contribution in [3.8, 4) is 17.2 Å². The van der Waals surface area contributed by atoms with Crippen molar-refractivity contribution in [3.05, 3.63) is 11.6 Å². The third-order valence-corrected chi connectivity index (χ3v) is 2.28. The quantitative estimate of drug-likeness (QED) is 0.799. The SMILES string of the molecule is COc1c(C=O)cc2c(c1NC(C)=O)OCO2. The molecule has 0 aliphatic carbocycles. The van der Waals surface area contributed by atoms with Crippen LogP contribution in [0.1, 0.15) is 17.3 Å². The van der Waals surface area contributed by atoms with Crippen molar-refractivity contribution >= 4 is 17.9 Å². The summed E-state index contributed by atoms with van der Waals surface area (Å²) in [5, 5.41) is 2.57. The second-order valence-electron chi connectivity index (χ2n) is 3.41. The van der Waals surface area contributed by atoms with Crippen LogP contribution < -0.4 is 19.5 Å². The van der Waals surface area contributed by atoms with E-state index in [0.29, 0.717) is 29.0 Å². The maximum Gasteiger partial charge on any atom is 0.231 e. The zero-order valence-electron chi connectivity index (χ0n) is 9.40. The molecule has 1 aliphatic rings. The minimum Gasteiger partial charge on any atom is -0.494 e. The highest BCUT2D eigenvalue weighted by Gasteiger charge is 2.25. The maximum absolute atomic E-state index is 11.1. The first-order chi connectivity index (χ1) is 8.17. The molecule has 0 bridgehead atoms. The number of nitrogens with one attached hydrogen (secondary N) is 1. The average Bonchev–Trinajstić information content (AvgIpc) is 2.75. The monoisotopic (exact) mass is 237 g/mol. The number of benzene rings is 1. The Labute approximate surface area is 97.5 Å². The number of fused-ring (bicyclic) bond motifs is 1. The molecule has 2 rings (SSSR count). The number of hydrogen-bond acceptors (Lipinski definition) is 5. The largest absolute Gasteiger partial charge is 0.494 e. The van der Waals surface area contributed by atoms with E-state index in [2.05, 4.69) is 5.32 Å². The highest BCUT2D eigenvalue weighted by Crippen LogP contribution is 2.46. The van der Waals surface area contributed by atoms with E-state index in [4.69, 9.17) is 14.2 Å². The van der Waals surface area contributed by atoms with E-state index in [-0.39, 0.29) is 18.4 Å².